The molecule has 0 aliphatic heterocycles. The van der Waals surface area contributed by atoms with Gasteiger partial charge in [0, 0.05) is 11.1 Å². The molecule has 1 N–H and O–H groups in total. The van der Waals surface area contributed by atoms with E-state index in [4.69, 9.17) is 4.52 Å². The van der Waals surface area contributed by atoms with Crippen molar-refractivity contribution in [3.05, 3.63) is 59.0 Å². The van der Waals surface area contributed by atoms with Crippen molar-refractivity contribution in [2.75, 3.05) is 5.32 Å². The summed E-state index contributed by atoms with van der Waals surface area (Å²) in [6.45, 7) is 3.94. The van der Waals surface area contributed by atoms with E-state index in [1.807, 2.05) is 26.0 Å². The zero-order valence-corrected chi connectivity index (χ0v) is 12.3. The Kier molecular flexibility index (Phi) is 3.63. The Bertz CT molecular complexity index is 838. The van der Waals surface area contributed by atoms with Gasteiger partial charge in [-0.15, -0.1) is 0 Å². The van der Waals surface area contributed by atoms with Gasteiger partial charge < -0.3 is 9.84 Å². The second-order valence-electron chi connectivity index (χ2n) is 5.32. The first-order chi connectivity index (χ1) is 10.5. The lowest BCUT2D eigenvalue weighted by Gasteiger charge is -2.04. The van der Waals surface area contributed by atoms with Crippen LogP contribution in [-0.2, 0) is 11.2 Å². The normalized spacial score (nSPS) is 10.9. The van der Waals surface area contributed by atoms with Crippen LogP contribution in [0.1, 0.15) is 16.8 Å². The first kappa shape index (κ1) is 14.3. The molecule has 0 radical (unpaired) electrons. The van der Waals surface area contributed by atoms with Gasteiger partial charge in [-0.05, 0) is 55.3 Å². The quantitative estimate of drug-likeness (QED) is 0.801. The molecule has 1 heterocycles. The van der Waals surface area contributed by atoms with Gasteiger partial charge in [0.1, 0.15) is 11.5 Å². The highest BCUT2D eigenvalue weighted by Crippen LogP contribution is 2.24. The van der Waals surface area contributed by atoms with Crippen molar-refractivity contribution in [2.24, 2.45) is 0 Å². The van der Waals surface area contributed by atoms with E-state index in [0.717, 1.165) is 16.5 Å². The summed E-state index contributed by atoms with van der Waals surface area (Å²) in [6, 6.07) is 9.60. The highest BCUT2D eigenvalue weighted by Gasteiger charge is 2.14. The second-order valence-corrected chi connectivity index (χ2v) is 5.32. The second kappa shape index (κ2) is 5.60. The number of carbonyl (C=O) groups is 1. The van der Waals surface area contributed by atoms with E-state index in [0.29, 0.717) is 17.0 Å². The number of nitrogens with one attached hydrogen (secondary N) is 1. The van der Waals surface area contributed by atoms with Gasteiger partial charge in [0.2, 0.25) is 5.91 Å². The van der Waals surface area contributed by atoms with E-state index in [1.54, 1.807) is 0 Å². The maximum Gasteiger partial charge on any atom is 0.230 e. The number of aryl methyl sites for hydroxylation is 2. The van der Waals surface area contributed by atoms with Crippen LogP contribution in [0.15, 0.2) is 40.9 Å². The van der Waals surface area contributed by atoms with E-state index in [2.05, 4.69) is 10.5 Å². The van der Waals surface area contributed by atoms with Crippen molar-refractivity contribution in [3.63, 3.8) is 0 Å². The molecular weight excluding hydrogens is 283 g/mol. The summed E-state index contributed by atoms with van der Waals surface area (Å²) in [4.78, 5) is 12.1. The number of fused-ring (bicyclic) bond motifs is 1. The van der Waals surface area contributed by atoms with Gasteiger partial charge in [0.15, 0.2) is 5.58 Å². The lowest BCUT2D eigenvalue weighted by atomic mass is 10.1. The first-order valence-electron chi connectivity index (χ1n) is 6.94. The molecule has 0 saturated carbocycles. The topological polar surface area (TPSA) is 55.1 Å². The van der Waals surface area contributed by atoms with Gasteiger partial charge in [-0.3, -0.25) is 4.79 Å². The SMILES string of the molecule is Cc1cc(C)c2onc(CC(=O)Nc3ccc(F)cc3)c2c1. The van der Waals surface area contributed by atoms with Crippen LogP contribution in [0.2, 0.25) is 0 Å². The van der Waals surface area contributed by atoms with Gasteiger partial charge in [-0.25, -0.2) is 4.39 Å². The fourth-order valence-corrected chi connectivity index (χ4v) is 2.46. The summed E-state index contributed by atoms with van der Waals surface area (Å²) in [5, 5.41) is 7.56. The molecule has 4 nitrogen and oxygen atoms in total. The van der Waals surface area contributed by atoms with Crippen LogP contribution in [0.25, 0.3) is 11.0 Å². The molecule has 3 aromatic rings. The molecule has 0 aliphatic carbocycles. The van der Waals surface area contributed by atoms with Gasteiger partial charge >= 0.3 is 0 Å². The standard InChI is InChI=1S/C17H15FN2O2/c1-10-7-11(2)17-14(8-10)15(20-22-17)9-16(21)19-13-5-3-12(18)4-6-13/h3-8H,9H2,1-2H3,(H,19,21). The average molecular weight is 298 g/mol. The van der Waals surface area contributed by atoms with Crippen LogP contribution >= 0.6 is 0 Å². The number of aromatic nitrogens is 1. The van der Waals surface area contributed by atoms with Gasteiger partial charge in [0.25, 0.3) is 0 Å². The maximum absolute atomic E-state index is 12.8. The number of hydrogen-bond acceptors (Lipinski definition) is 3. The number of amides is 1. The molecule has 0 unspecified atom stereocenters. The summed E-state index contributed by atoms with van der Waals surface area (Å²) in [5.41, 5.74) is 3.93. The highest BCUT2D eigenvalue weighted by molar-refractivity contribution is 5.95. The summed E-state index contributed by atoms with van der Waals surface area (Å²) < 4.78 is 18.2. The fourth-order valence-electron chi connectivity index (χ4n) is 2.46. The molecule has 0 bridgehead atoms. The third-order valence-electron chi connectivity index (χ3n) is 3.43. The molecule has 3 rings (SSSR count). The number of halogens is 1. The smallest absolute Gasteiger partial charge is 0.230 e. The van der Waals surface area contributed by atoms with Crippen LogP contribution < -0.4 is 5.32 Å². The molecule has 0 aliphatic rings. The summed E-state index contributed by atoms with van der Waals surface area (Å²) in [5.74, 6) is -0.563. The van der Waals surface area contributed by atoms with Crippen LogP contribution in [0.4, 0.5) is 10.1 Å². The Morgan fingerprint density at radius 2 is 1.95 bits per heavy atom. The van der Waals surface area contributed by atoms with E-state index < -0.39 is 0 Å². The van der Waals surface area contributed by atoms with Gasteiger partial charge in [-0.1, -0.05) is 11.2 Å². The minimum absolute atomic E-state index is 0.104. The van der Waals surface area contributed by atoms with E-state index in [-0.39, 0.29) is 18.1 Å². The van der Waals surface area contributed by atoms with E-state index in [1.165, 1.54) is 24.3 Å². The zero-order chi connectivity index (χ0) is 15.7. The molecule has 1 aromatic heterocycles. The number of hydrogen-bond donors (Lipinski definition) is 1. The van der Waals surface area contributed by atoms with Gasteiger partial charge in [-0.2, -0.15) is 0 Å². The zero-order valence-electron chi connectivity index (χ0n) is 12.3. The molecule has 5 heteroatoms. The molecule has 2 aromatic carbocycles. The van der Waals surface area contributed by atoms with E-state index >= 15 is 0 Å². The van der Waals surface area contributed by atoms with E-state index in [9.17, 15) is 9.18 Å². The highest BCUT2D eigenvalue weighted by atomic mass is 19.1. The predicted molar refractivity (Wildman–Crippen MR) is 82.2 cm³/mol. The Hall–Kier alpha value is -2.69. The van der Waals surface area contributed by atoms with Crippen molar-refractivity contribution in [1.82, 2.24) is 5.16 Å². The summed E-state index contributed by atoms with van der Waals surface area (Å²) >= 11 is 0. The molecule has 0 atom stereocenters. The van der Waals surface area contributed by atoms with Gasteiger partial charge in [0.05, 0.1) is 6.42 Å². The molecule has 0 spiro atoms. The van der Waals surface area contributed by atoms with Crippen molar-refractivity contribution < 1.29 is 13.7 Å². The summed E-state index contributed by atoms with van der Waals surface area (Å²) in [6.07, 6.45) is 0.104. The molecule has 22 heavy (non-hydrogen) atoms. The minimum Gasteiger partial charge on any atom is -0.356 e. The molecule has 0 fully saturated rings. The largest absolute Gasteiger partial charge is 0.356 e. The number of carbonyl (C=O) groups excluding carboxylic acids is 1. The Morgan fingerprint density at radius 3 is 2.68 bits per heavy atom. The monoisotopic (exact) mass is 298 g/mol. The third-order valence-corrected chi connectivity index (χ3v) is 3.43. The Balaban J connectivity index is 1.81. The van der Waals surface area contributed by atoms with Crippen LogP contribution in [0.3, 0.4) is 0 Å². The number of anilines is 1. The molecule has 1 amide bonds. The molecule has 112 valence electrons. The molecule has 0 saturated heterocycles. The predicted octanol–water partition coefficient (Wildman–Crippen LogP) is 3.76. The minimum atomic E-state index is -0.341. The Labute approximate surface area is 126 Å². The van der Waals surface area contributed by atoms with Crippen molar-refractivity contribution in [3.8, 4) is 0 Å². The summed E-state index contributed by atoms with van der Waals surface area (Å²) in [7, 11) is 0. The molecular formula is C17H15FN2O2. The number of nitrogens with zero attached hydrogens (tertiary/aromatic N) is 1. The first-order valence-corrected chi connectivity index (χ1v) is 6.94. The van der Waals surface area contributed by atoms with Crippen LogP contribution in [0.5, 0.6) is 0 Å². The lowest BCUT2D eigenvalue weighted by Crippen LogP contribution is -2.14. The van der Waals surface area contributed by atoms with Crippen LogP contribution in [-0.4, -0.2) is 11.1 Å². The Morgan fingerprint density at radius 1 is 1.23 bits per heavy atom. The number of benzene rings is 2. The van der Waals surface area contributed by atoms with Crippen LogP contribution in [0, 0.1) is 19.7 Å². The average Bonchev–Trinajstić information content (AvgIpc) is 2.85. The fraction of sp³-hybridized carbons (Fsp3) is 0.176. The lowest BCUT2D eigenvalue weighted by molar-refractivity contribution is -0.115. The van der Waals surface area contributed by atoms with Crippen molar-refractivity contribution >= 4 is 22.6 Å². The third kappa shape index (κ3) is 2.83. The number of rotatable bonds is 3. The maximum atomic E-state index is 12.8. The van der Waals surface area contributed by atoms with Crippen molar-refractivity contribution in [1.29, 1.82) is 0 Å². The van der Waals surface area contributed by atoms with Crippen molar-refractivity contribution in [2.45, 2.75) is 20.3 Å².